The Morgan fingerprint density at radius 1 is 1.04 bits per heavy atom. The average molecular weight is 830 g/mol. The van der Waals surface area contributed by atoms with E-state index in [-0.39, 0.29) is 66.5 Å². The molecule has 0 unspecified atom stereocenters. The van der Waals surface area contributed by atoms with Gasteiger partial charge in [0.15, 0.2) is 6.29 Å². The maximum absolute atomic E-state index is 15.1. The lowest BCUT2D eigenvalue weighted by atomic mass is 9.86. The number of halogens is 2. The van der Waals surface area contributed by atoms with Gasteiger partial charge < -0.3 is 19.3 Å². The fourth-order valence-electron chi connectivity index (χ4n) is 9.81. The van der Waals surface area contributed by atoms with Crippen molar-refractivity contribution in [2.24, 2.45) is 29.6 Å². The summed E-state index contributed by atoms with van der Waals surface area (Å²) in [6.07, 6.45) is 7.92. The van der Waals surface area contributed by atoms with Crippen LogP contribution in [0, 0.1) is 41.2 Å². The smallest absolute Gasteiger partial charge is 0.306 e. The van der Waals surface area contributed by atoms with Crippen LogP contribution in [-0.2, 0) is 48.4 Å². The molecular formula is C43H57F2N3O7S2. The lowest BCUT2D eigenvalue weighted by molar-refractivity contribution is -0.182. The van der Waals surface area contributed by atoms with E-state index in [0.717, 1.165) is 79.3 Å². The molecule has 57 heavy (non-hydrogen) atoms. The number of aliphatic hydroxyl groups is 1. The second-order valence-corrected chi connectivity index (χ2v) is 20.3. The molecule has 3 aromatic rings. The van der Waals surface area contributed by atoms with Gasteiger partial charge in [0.2, 0.25) is 10.0 Å². The first-order valence-corrected chi connectivity index (χ1v) is 23.5. The molecule has 14 heteroatoms. The minimum atomic E-state index is -4.17. The van der Waals surface area contributed by atoms with Gasteiger partial charge in [0.05, 0.1) is 45.9 Å². The second-order valence-electron chi connectivity index (χ2n) is 17.2. The van der Waals surface area contributed by atoms with Crippen LogP contribution < -0.4 is 0 Å². The van der Waals surface area contributed by atoms with Crippen molar-refractivity contribution >= 4 is 37.5 Å². The first-order valence-electron chi connectivity index (χ1n) is 21.2. The predicted octanol–water partition coefficient (Wildman–Crippen LogP) is 7.24. The highest BCUT2D eigenvalue weighted by Gasteiger charge is 2.55. The zero-order valence-corrected chi connectivity index (χ0v) is 34.6. The third kappa shape index (κ3) is 9.74. The van der Waals surface area contributed by atoms with Gasteiger partial charge in [-0.25, -0.2) is 22.2 Å². The first kappa shape index (κ1) is 41.2. The van der Waals surface area contributed by atoms with E-state index in [1.54, 1.807) is 17.4 Å². The molecule has 1 aromatic heterocycles. The van der Waals surface area contributed by atoms with Gasteiger partial charge >= 0.3 is 5.97 Å². The molecule has 312 valence electrons. The number of ether oxygens (including phenoxy) is 3. The Morgan fingerprint density at radius 2 is 1.81 bits per heavy atom. The summed E-state index contributed by atoms with van der Waals surface area (Å²) < 4.78 is 79.0. The molecule has 8 rings (SSSR count). The fraction of sp³-hybridized carbons (Fsp3) is 0.674. The van der Waals surface area contributed by atoms with Crippen LogP contribution in [0.4, 0.5) is 8.78 Å². The van der Waals surface area contributed by atoms with E-state index >= 15 is 8.42 Å². The second kappa shape index (κ2) is 17.9. The molecule has 4 fully saturated rings. The number of sulfonamides is 1. The summed E-state index contributed by atoms with van der Waals surface area (Å²) in [5.74, 6) is -1.76. The van der Waals surface area contributed by atoms with Crippen molar-refractivity contribution in [1.82, 2.24) is 14.2 Å². The Labute approximate surface area is 339 Å². The van der Waals surface area contributed by atoms with Crippen molar-refractivity contribution in [2.45, 2.75) is 120 Å². The largest absolute Gasteiger partial charge is 0.462 e. The summed E-state index contributed by atoms with van der Waals surface area (Å²) >= 11 is 1.55. The number of aliphatic hydroxyl groups excluding tert-OH is 1. The molecule has 0 bridgehead atoms. The average Bonchev–Trinajstić information content (AvgIpc) is 3.58. The zero-order valence-electron chi connectivity index (χ0n) is 33.0. The molecular weight excluding hydrogens is 773 g/mol. The van der Waals surface area contributed by atoms with Crippen LogP contribution in [0.5, 0.6) is 0 Å². The fourth-order valence-corrected chi connectivity index (χ4v) is 12.7. The number of nitrogens with zero attached hydrogens (tertiary/aromatic N) is 3. The topological polar surface area (TPSA) is 119 Å². The summed E-state index contributed by atoms with van der Waals surface area (Å²) in [5.41, 5.74) is 1.77. The normalized spacial score (nSPS) is 28.2. The van der Waals surface area contributed by atoms with E-state index < -0.39 is 39.6 Å². The highest BCUT2D eigenvalue weighted by atomic mass is 32.2. The Hall–Kier alpha value is -2.59. The number of fused-ring (bicyclic) bond motifs is 2. The number of benzene rings is 2. The van der Waals surface area contributed by atoms with E-state index in [9.17, 15) is 18.7 Å². The number of aromatic nitrogens is 1. The number of esters is 1. The third-order valence-electron chi connectivity index (χ3n) is 12.8. The highest BCUT2D eigenvalue weighted by molar-refractivity contribution is 7.89. The molecule has 2 saturated carbocycles. The van der Waals surface area contributed by atoms with Crippen molar-refractivity contribution in [3.63, 3.8) is 0 Å². The minimum Gasteiger partial charge on any atom is -0.462 e. The molecule has 7 atom stereocenters. The molecule has 2 aromatic carbocycles. The van der Waals surface area contributed by atoms with Crippen LogP contribution in [-0.4, -0.2) is 91.6 Å². The van der Waals surface area contributed by atoms with Gasteiger partial charge in [-0.2, -0.15) is 4.31 Å². The Morgan fingerprint density at radius 3 is 2.58 bits per heavy atom. The van der Waals surface area contributed by atoms with E-state index in [4.69, 9.17) is 19.2 Å². The molecule has 1 N–H and O–H groups in total. The Kier molecular flexibility index (Phi) is 13.0. The van der Waals surface area contributed by atoms with E-state index in [0.29, 0.717) is 44.1 Å². The monoisotopic (exact) mass is 829 g/mol. The number of β-amino-alcohol motifs (C(OH)–C–C–N with tert-alkyl or cyclic N) is 1. The van der Waals surface area contributed by atoms with Crippen LogP contribution in [0.2, 0.25) is 0 Å². The summed E-state index contributed by atoms with van der Waals surface area (Å²) in [6.45, 7) is 5.31. The van der Waals surface area contributed by atoms with E-state index in [1.165, 1.54) is 29.3 Å². The SMILES string of the molecule is CCCN1CCCCCCCN(C[C@@H](O)[C@@H](CC(=O)O[C@@H]2C[C@@H]3CO[C@@H]4OCC[C@H]2[C@H]34)Cc2cc(F)cc(F)c2)S(=O)(=O)c2cc3sc(CC4CC4)nc3cc2C1. The molecule has 0 spiro atoms. The maximum atomic E-state index is 15.1. The minimum absolute atomic E-state index is 0.0459. The third-order valence-corrected chi connectivity index (χ3v) is 15.8. The number of hydrogen-bond donors (Lipinski definition) is 1. The zero-order chi connectivity index (χ0) is 39.7. The molecule has 4 heterocycles. The quantitative estimate of drug-likeness (QED) is 0.189. The van der Waals surface area contributed by atoms with Gasteiger partial charge in [-0.05, 0) is 112 Å². The van der Waals surface area contributed by atoms with Crippen LogP contribution in [0.15, 0.2) is 35.2 Å². The standard InChI is InChI=1S/C43H57F2N3O7S2/c1-2-11-47-12-6-4-3-5-7-13-48(57(51,52)39-23-38-35(19-30(39)24-47)46-40(56-38)18-27-8-9-27)25-36(49)29(15-28-16-32(44)22-33(45)17-28)21-41(50)55-37-20-31-26-54-43-42(31)34(37)10-14-53-43/h16-17,19,22-23,27,29,31,34,36-37,42-43,49H,2-15,18,20-21,24-26H2,1H3/t29-,31-,34-,36-,37-,42+,43+/m1/s1. The summed E-state index contributed by atoms with van der Waals surface area (Å²) in [4.78, 5) is 21.3. The number of thiazole rings is 1. The van der Waals surface area contributed by atoms with Crippen LogP contribution >= 0.6 is 11.3 Å². The van der Waals surface area contributed by atoms with Gasteiger partial charge in [0, 0.05) is 49.9 Å². The molecule has 0 amide bonds. The summed E-state index contributed by atoms with van der Waals surface area (Å²) in [7, 11) is -4.17. The van der Waals surface area contributed by atoms with Crippen molar-refractivity contribution in [2.75, 3.05) is 39.4 Å². The van der Waals surface area contributed by atoms with Crippen LogP contribution in [0.25, 0.3) is 10.2 Å². The number of rotatable bonds is 12. The number of hydrogen-bond acceptors (Lipinski definition) is 10. The van der Waals surface area contributed by atoms with Gasteiger partial charge in [-0.15, -0.1) is 11.3 Å². The summed E-state index contributed by atoms with van der Waals surface area (Å²) in [5, 5.41) is 13.1. The lowest BCUT2D eigenvalue weighted by Gasteiger charge is -2.33. The first-order chi connectivity index (χ1) is 27.5. The van der Waals surface area contributed by atoms with E-state index in [2.05, 4.69) is 11.8 Å². The van der Waals surface area contributed by atoms with Gasteiger partial charge in [-0.3, -0.25) is 9.69 Å². The Balaban J connectivity index is 1.08. The van der Waals surface area contributed by atoms with E-state index in [1.807, 2.05) is 6.07 Å². The lowest BCUT2D eigenvalue weighted by Crippen LogP contribution is -2.42. The summed E-state index contributed by atoms with van der Waals surface area (Å²) in [6, 6.07) is 6.91. The van der Waals surface area contributed by atoms with Gasteiger partial charge in [-0.1, -0.05) is 26.2 Å². The van der Waals surface area contributed by atoms with Crippen LogP contribution in [0.1, 0.15) is 93.7 Å². The van der Waals surface area contributed by atoms with Crippen molar-refractivity contribution in [3.05, 3.63) is 58.1 Å². The van der Waals surface area contributed by atoms with Gasteiger partial charge in [0.1, 0.15) is 17.7 Å². The molecule has 5 aliphatic rings. The molecule has 3 aliphatic heterocycles. The van der Waals surface area contributed by atoms with Gasteiger partial charge in [0.25, 0.3) is 0 Å². The molecule has 2 saturated heterocycles. The highest BCUT2D eigenvalue weighted by Crippen LogP contribution is 2.50. The van der Waals surface area contributed by atoms with Crippen molar-refractivity contribution in [3.8, 4) is 0 Å². The Bertz CT molecular complexity index is 1970. The van der Waals surface area contributed by atoms with Crippen molar-refractivity contribution in [1.29, 1.82) is 0 Å². The number of carbonyl (C=O) groups is 1. The number of carbonyl (C=O) groups excluding carboxylic acids is 1. The molecule has 0 radical (unpaired) electrons. The molecule has 2 aliphatic carbocycles. The maximum Gasteiger partial charge on any atom is 0.306 e. The van der Waals surface area contributed by atoms with Crippen molar-refractivity contribution < 1.29 is 41.3 Å². The van der Waals surface area contributed by atoms with Crippen LogP contribution in [0.3, 0.4) is 0 Å². The molecule has 10 nitrogen and oxygen atoms in total. The predicted molar refractivity (Wildman–Crippen MR) is 213 cm³/mol.